The molecule has 6 nitrogen and oxygen atoms in total. The van der Waals surface area contributed by atoms with Crippen LogP contribution in [0.2, 0.25) is 0 Å². The third-order valence-corrected chi connectivity index (χ3v) is 5.18. The van der Waals surface area contributed by atoms with Crippen LogP contribution in [0.15, 0.2) is 42.2 Å². The Bertz CT molecular complexity index is 956. The van der Waals surface area contributed by atoms with Crippen LogP contribution in [-0.4, -0.2) is 37.5 Å². The molecule has 0 heterocycles. The van der Waals surface area contributed by atoms with Crippen LogP contribution in [0.3, 0.4) is 0 Å². The molecule has 1 N–H and O–H groups in total. The van der Waals surface area contributed by atoms with Crippen molar-refractivity contribution in [2.75, 3.05) is 26.4 Å². The van der Waals surface area contributed by atoms with E-state index in [2.05, 4.69) is 13.8 Å². The lowest BCUT2D eigenvalue weighted by atomic mass is 10.1. The molecule has 192 valence electrons. The summed E-state index contributed by atoms with van der Waals surface area (Å²) in [6.07, 6.45) is 6.88. The summed E-state index contributed by atoms with van der Waals surface area (Å²) in [5.74, 6) is -0.305. The smallest absolute Gasteiger partial charge is 0.371 e. The minimum Gasteiger partial charge on any atom is -0.491 e. The van der Waals surface area contributed by atoms with Crippen molar-refractivity contribution in [2.45, 2.75) is 59.3 Å². The lowest BCUT2D eigenvalue weighted by Crippen LogP contribution is -2.06. The average molecular weight is 489 g/mol. The lowest BCUT2D eigenvalue weighted by Gasteiger charge is -2.14. The number of hydrogen-bond donors (Lipinski definition) is 1. The summed E-state index contributed by atoms with van der Waals surface area (Å²) in [6, 6.07) is 10.2. The maximum atomic E-state index is 14.4. The Balaban J connectivity index is 2.05. The molecule has 2 aromatic rings. The predicted molar refractivity (Wildman–Crippen MR) is 135 cm³/mol. The van der Waals surface area contributed by atoms with Gasteiger partial charge in [-0.1, -0.05) is 45.2 Å². The minimum absolute atomic E-state index is 0.138. The van der Waals surface area contributed by atoms with Crippen molar-refractivity contribution in [1.29, 1.82) is 0 Å². The van der Waals surface area contributed by atoms with Gasteiger partial charge >= 0.3 is 5.97 Å². The second-order valence-electron chi connectivity index (χ2n) is 8.07. The monoisotopic (exact) mass is 488 g/mol. The highest BCUT2D eigenvalue weighted by Crippen LogP contribution is 2.30. The van der Waals surface area contributed by atoms with Crippen LogP contribution in [0.1, 0.15) is 64.0 Å². The summed E-state index contributed by atoms with van der Waals surface area (Å²) in [6.45, 7) is 7.52. The largest absolute Gasteiger partial charge is 0.491 e. The van der Waals surface area contributed by atoms with Crippen molar-refractivity contribution in [1.82, 2.24) is 0 Å². The zero-order valence-electron chi connectivity index (χ0n) is 21.0. The summed E-state index contributed by atoms with van der Waals surface area (Å²) >= 11 is 0. The van der Waals surface area contributed by atoms with Crippen molar-refractivity contribution >= 4 is 12.0 Å². The number of hydrogen-bond acceptors (Lipinski definition) is 5. The molecule has 2 rings (SSSR count). The van der Waals surface area contributed by atoms with Gasteiger partial charge < -0.3 is 24.1 Å². The Morgan fingerprint density at radius 3 is 2.23 bits per heavy atom. The van der Waals surface area contributed by atoms with Crippen LogP contribution < -0.4 is 14.2 Å². The average Bonchev–Trinajstić information content (AvgIpc) is 2.84. The molecular weight excluding hydrogens is 451 g/mol. The highest BCUT2D eigenvalue weighted by atomic mass is 19.1. The molecule has 2 aromatic carbocycles. The van der Waals surface area contributed by atoms with E-state index in [-0.39, 0.29) is 23.9 Å². The standard InChI is InChI=1S/C28H37FO6/c1-4-7-9-16-33-24-12-10-21(18-23(24)29)14-17-35-25-13-11-22(19-26(25)34-15-8-5-2)20-27(28(30)31)32-6-3/h10-13,18-20H,4-9,14-17H2,1-3H3,(H,30,31)/b27-20-. The molecule has 0 saturated carbocycles. The van der Waals surface area contributed by atoms with E-state index in [0.717, 1.165) is 37.7 Å². The molecule has 0 bridgehead atoms. The van der Waals surface area contributed by atoms with Gasteiger partial charge in [0.05, 0.1) is 26.4 Å². The topological polar surface area (TPSA) is 74.2 Å². The number of unbranched alkanes of at least 4 members (excludes halogenated alkanes) is 3. The molecule has 7 heteroatoms. The number of benzene rings is 2. The van der Waals surface area contributed by atoms with E-state index in [1.54, 1.807) is 31.2 Å². The van der Waals surface area contributed by atoms with E-state index < -0.39 is 5.97 Å². The van der Waals surface area contributed by atoms with Gasteiger partial charge in [-0.15, -0.1) is 0 Å². The van der Waals surface area contributed by atoms with E-state index in [9.17, 15) is 14.3 Å². The Kier molecular flexibility index (Phi) is 12.5. The van der Waals surface area contributed by atoms with Crippen LogP contribution in [0.4, 0.5) is 4.39 Å². The van der Waals surface area contributed by atoms with E-state index in [4.69, 9.17) is 18.9 Å². The first-order valence-corrected chi connectivity index (χ1v) is 12.4. The van der Waals surface area contributed by atoms with Crippen LogP contribution >= 0.6 is 0 Å². The Morgan fingerprint density at radius 1 is 0.857 bits per heavy atom. The van der Waals surface area contributed by atoms with Gasteiger partial charge in [-0.05, 0) is 61.2 Å². The Labute approximate surface area is 207 Å². The van der Waals surface area contributed by atoms with Gasteiger partial charge in [0.15, 0.2) is 23.1 Å². The van der Waals surface area contributed by atoms with Crippen LogP contribution in [0.25, 0.3) is 6.08 Å². The van der Waals surface area contributed by atoms with Crippen molar-refractivity contribution in [2.24, 2.45) is 0 Å². The van der Waals surface area contributed by atoms with Gasteiger partial charge in [-0.3, -0.25) is 0 Å². The first kappa shape index (κ1) is 28.0. The summed E-state index contributed by atoms with van der Waals surface area (Å²) in [4.78, 5) is 11.4. The van der Waals surface area contributed by atoms with Gasteiger partial charge in [0.1, 0.15) is 0 Å². The number of carbonyl (C=O) groups is 1. The molecule has 0 saturated heterocycles. The lowest BCUT2D eigenvalue weighted by molar-refractivity contribution is -0.136. The number of ether oxygens (including phenoxy) is 4. The summed E-state index contributed by atoms with van der Waals surface area (Å²) in [5, 5.41) is 9.30. The quantitative estimate of drug-likeness (QED) is 0.153. The van der Waals surface area contributed by atoms with Gasteiger partial charge in [0, 0.05) is 6.42 Å². The minimum atomic E-state index is -1.13. The normalized spacial score (nSPS) is 11.3. The van der Waals surface area contributed by atoms with Gasteiger partial charge in [-0.25, -0.2) is 9.18 Å². The van der Waals surface area contributed by atoms with Gasteiger partial charge in [-0.2, -0.15) is 0 Å². The molecule has 0 spiro atoms. The second-order valence-corrected chi connectivity index (χ2v) is 8.07. The van der Waals surface area contributed by atoms with E-state index in [0.29, 0.717) is 43.3 Å². The summed E-state index contributed by atoms with van der Waals surface area (Å²) in [5.41, 5.74) is 1.44. The first-order valence-electron chi connectivity index (χ1n) is 12.4. The van der Waals surface area contributed by atoms with Crippen LogP contribution in [0.5, 0.6) is 17.2 Å². The van der Waals surface area contributed by atoms with Crippen molar-refractivity contribution in [3.05, 3.63) is 59.1 Å². The number of carboxylic acids is 1. The van der Waals surface area contributed by atoms with Crippen LogP contribution in [-0.2, 0) is 16.0 Å². The van der Waals surface area contributed by atoms with Crippen molar-refractivity contribution < 1.29 is 33.2 Å². The van der Waals surface area contributed by atoms with Crippen molar-refractivity contribution in [3.63, 3.8) is 0 Å². The Hall–Kier alpha value is -3.22. The SMILES string of the molecule is CCCCCOc1ccc(CCOc2ccc(/C=C(\OCC)C(=O)O)cc2OCCCC)cc1F. The number of rotatable bonds is 17. The molecule has 0 aliphatic rings. The zero-order valence-corrected chi connectivity index (χ0v) is 21.0. The van der Waals surface area contributed by atoms with E-state index >= 15 is 0 Å². The second kappa shape index (κ2) is 15.6. The zero-order chi connectivity index (χ0) is 25.5. The predicted octanol–water partition coefficient (Wildman–Crippen LogP) is 6.66. The molecule has 0 fully saturated rings. The van der Waals surface area contributed by atoms with Gasteiger partial charge in [0.25, 0.3) is 0 Å². The fourth-order valence-corrected chi connectivity index (χ4v) is 3.27. The molecule has 0 aliphatic carbocycles. The third-order valence-electron chi connectivity index (χ3n) is 5.18. The van der Waals surface area contributed by atoms with E-state index in [1.807, 2.05) is 6.07 Å². The molecular formula is C28H37FO6. The molecule has 35 heavy (non-hydrogen) atoms. The van der Waals surface area contributed by atoms with Crippen molar-refractivity contribution in [3.8, 4) is 17.2 Å². The molecule has 0 radical (unpaired) electrons. The maximum Gasteiger partial charge on any atom is 0.371 e. The molecule has 0 amide bonds. The fourth-order valence-electron chi connectivity index (χ4n) is 3.27. The summed E-state index contributed by atoms with van der Waals surface area (Å²) < 4.78 is 36.9. The fraction of sp³-hybridized carbons (Fsp3) is 0.464. The van der Waals surface area contributed by atoms with E-state index in [1.165, 1.54) is 12.1 Å². The van der Waals surface area contributed by atoms with Gasteiger partial charge in [0.2, 0.25) is 5.76 Å². The number of aliphatic carboxylic acids is 1. The maximum absolute atomic E-state index is 14.4. The highest BCUT2D eigenvalue weighted by Gasteiger charge is 2.12. The molecule has 0 aromatic heterocycles. The molecule has 0 atom stereocenters. The molecule has 0 aliphatic heterocycles. The third kappa shape index (κ3) is 9.89. The number of carboxylic acid groups (broad SMARTS) is 1. The Morgan fingerprint density at radius 2 is 1.54 bits per heavy atom. The highest BCUT2D eigenvalue weighted by molar-refractivity contribution is 5.90. The number of halogens is 1. The molecule has 0 unspecified atom stereocenters. The summed E-state index contributed by atoms with van der Waals surface area (Å²) in [7, 11) is 0. The first-order chi connectivity index (χ1) is 17.0. The van der Waals surface area contributed by atoms with Crippen LogP contribution in [0, 0.1) is 5.82 Å².